The number of allylic oxidation sites excluding steroid dienone is 1. The standard InChI is InChI=1S/C17H19NO4S2/c1-2-3-10-15-18(23(19,20)16-11-6-4-7-12-16)24(21,22)17-13-8-5-9-14-17/h3-14H,2,15H2,1H3/b10-3+. The topological polar surface area (TPSA) is 71.5 Å². The smallest absolute Gasteiger partial charge is 0.206 e. The van der Waals surface area contributed by atoms with Crippen LogP contribution in [0.15, 0.2) is 82.6 Å². The molecule has 0 fully saturated rings. The van der Waals surface area contributed by atoms with Crippen molar-refractivity contribution in [3.8, 4) is 0 Å². The summed E-state index contributed by atoms with van der Waals surface area (Å²) in [4.78, 5) is -0.121. The summed E-state index contributed by atoms with van der Waals surface area (Å²) in [5.74, 6) is 0. The molecule has 0 saturated carbocycles. The number of hydrogen-bond acceptors (Lipinski definition) is 4. The molecule has 0 spiro atoms. The van der Waals surface area contributed by atoms with Crippen LogP contribution in [-0.2, 0) is 20.0 Å². The average Bonchev–Trinajstić information content (AvgIpc) is 2.60. The maximum atomic E-state index is 12.9. The van der Waals surface area contributed by atoms with Crippen molar-refractivity contribution in [2.45, 2.75) is 23.1 Å². The largest absolute Gasteiger partial charge is 0.256 e. The number of benzene rings is 2. The highest BCUT2D eigenvalue weighted by Gasteiger charge is 2.35. The van der Waals surface area contributed by atoms with Gasteiger partial charge in [-0.2, -0.15) is 0 Å². The van der Waals surface area contributed by atoms with Crippen LogP contribution < -0.4 is 0 Å². The Morgan fingerprint density at radius 3 is 1.54 bits per heavy atom. The van der Waals surface area contributed by atoms with E-state index in [-0.39, 0.29) is 16.3 Å². The van der Waals surface area contributed by atoms with E-state index in [1.54, 1.807) is 48.6 Å². The summed E-state index contributed by atoms with van der Waals surface area (Å²) in [6.07, 6.45) is 3.96. The van der Waals surface area contributed by atoms with Gasteiger partial charge in [-0.1, -0.05) is 59.2 Å². The molecule has 0 saturated heterocycles. The van der Waals surface area contributed by atoms with Crippen molar-refractivity contribution in [2.75, 3.05) is 6.54 Å². The Bertz CT molecular complexity index is 821. The van der Waals surface area contributed by atoms with Crippen molar-refractivity contribution >= 4 is 20.0 Å². The molecule has 128 valence electrons. The first-order valence-electron chi connectivity index (χ1n) is 7.43. The predicted molar refractivity (Wildman–Crippen MR) is 93.4 cm³/mol. The zero-order valence-corrected chi connectivity index (χ0v) is 14.9. The van der Waals surface area contributed by atoms with E-state index in [9.17, 15) is 16.8 Å². The Kier molecular flexibility index (Phi) is 5.93. The highest BCUT2D eigenvalue weighted by Crippen LogP contribution is 2.24. The summed E-state index contributed by atoms with van der Waals surface area (Å²) >= 11 is 0. The normalized spacial score (nSPS) is 12.8. The van der Waals surface area contributed by atoms with Gasteiger partial charge in [-0.05, 0) is 30.7 Å². The molecule has 0 amide bonds. The van der Waals surface area contributed by atoms with Gasteiger partial charge in [0.15, 0.2) is 0 Å². The van der Waals surface area contributed by atoms with E-state index in [1.807, 2.05) is 6.92 Å². The predicted octanol–water partition coefficient (Wildman–Crippen LogP) is 3.03. The van der Waals surface area contributed by atoms with Gasteiger partial charge in [-0.25, -0.2) is 16.8 Å². The maximum absolute atomic E-state index is 12.9. The Labute approximate surface area is 143 Å². The zero-order chi connectivity index (χ0) is 17.6. The highest BCUT2D eigenvalue weighted by molar-refractivity contribution is 8.04. The fourth-order valence-corrected chi connectivity index (χ4v) is 5.66. The zero-order valence-electron chi connectivity index (χ0n) is 13.2. The minimum Gasteiger partial charge on any atom is -0.206 e. The van der Waals surface area contributed by atoms with Gasteiger partial charge >= 0.3 is 0 Å². The lowest BCUT2D eigenvalue weighted by molar-refractivity contribution is 0.513. The van der Waals surface area contributed by atoms with Crippen LogP contribution in [0.2, 0.25) is 0 Å². The fraction of sp³-hybridized carbons (Fsp3) is 0.176. The Hall–Kier alpha value is -1.96. The summed E-state index contributed by atoms with van der Waals surface area (Å²) in [6, 6.07) is 15.1. The van der Waals surface area contributed by atoms with Crippen LogP contribution in [0, 0.1) is 0 Å². The van der Waals surface area contributed by atoms with Crippen LogP contribution in [0.4, 0.5) is 0 Å². The van der Waals surface area contributed by atoms with E-state index in [1.165, 1.54) is 24.3 Å². The third-order valence-electron chi connectivity index (χ3n) is 3.28. The van der Waals surface area contributed by atoms with Crippen LogP contribution in [-0.4, -0.2) is 27.1 Å². The molecule has 0 aliphatic carbocycles. The van der Waals surface area contributed by atoms with Crippen LogP contribution >= 0.6 is 0 Å². The Morgan fingerprint density at radius 1 is 0.750 bits per heavy atom. The van der Waals surface area contributed by atoms with Crippen LogP contribution in [0.1, 0.15) is 13.3 Å². The lowest BCUT2D eigenvalue weighted by atomic mass is 10.4. The van der Waals surface area contributed by atoms with Gasteiger partial charge in [-0.3, -0.25) is 0 Å². The van der Waals surface area contributed by atoms with Crippen LogP contribution in [0.3, 0.4) is 0 Å². The second-order valence-corrected chi connectivity index (χ2v) is 8.93. The van der Waals surface area contributed by atoms with E-state index in [2.05, 4.69) is 0 Å². The molecule has 5 nitrogen and oxygen atoms in total. The van der Waals surface area contributed by atoms with E-state index in [0.29, 0.717) is 10.1 Å². The summed E-state index contributed by atoms with van der Waals surface area (Å²) in [6.45, 7) is 1.64. The van der Waals surface area contributed by atoms with Crippen molar-refractivity contribution in [3.63, 3.8) is 0 Å². The molecule has 2 aromatic rings. The lowest BCUT2D eigenvalue weighted by Crippen LogP contribution is -2.37. The molecule has 0 heterocycles. The van der Waals surface area contributed by atoms with Gasteiger partial charge in [0.2, 0.25) is 0 Å². The van der Waals surface area contributed by atoms with Crippen LogP contribution in [0.5, 0.6) is 0 Å². The van der Waals surface area contributed by atoms with Crippen molar-refractivity contribution in [1.82, 2.24) is 3.71 Å². The number of rotatable bonds is 7. The molecule has 0 aromatic heterocycles. The number of nitrogens with zero attached hydrogens (tertiary/aromatic N) is 1. The number of sulfonamides is 2. The van der Waals surface area contributed by atoms with Gasteiger partial charge < -0.3 is 0 Å². The van der Waals surface area contributed by atoms with Gasteiger partial charge in [-0.15, -0.1) is 0 Å². The fourth-order valence-electron chi connectivity index (χ4n) is 2.07. The van der Waals surface area contributed by atoms with Gasteiger partial charge in [0.1, 0.15) is 0 Å². The molecule has 0 radical (unpaired) electrons. The first kappa shape index (κ1) is 18.4. The third-order valence-corrected chi connectivity index (χ3v) is 7.56. The summed E-state index contributed by atoms with van der Waals surface area (Å²) in [5, 5.41) is 0. The average molecular weight is 365 g/mol. The van der Waals surface area contributed by atoms with E-state index in [4.69, 9.17) is 0 Å². The minimum atomic E-state index is -4.19. The number of hydrogen-bond donors (Lipinski definition) is 0. The van der Waals surface area contributed by atoms with E-state index in [0.717, 1.165) is 0 Å². The maximum Gasteiger partial charge on any atom is 0.256 e. The summed E-state index contributed by atoms with van der Waals surface area (Å²) < 4.78 is 52.0. The summed E-state index contributed by atoms with van der Waals surface area (Å²) in [7, 11) is -8.39. The molecule has 7 heteroatoms. The molecule has 24 heavy (non-hydrogen) atoms. The van der Waals surface area contributed by atoms with Crippen molar-refractivity contribution in [1.29, 1.82) is 0 Å². The first-order valence-corrected chi connectivity index (χ1v) is 10.3. The van der Waals surface area contributed by atoms with Crippen molar-refractivity contribution in [2.24, 2.45) is 0 Å². The molecule has 0 N–H and O–H groups in total. The van der Waals surface area contributed by atoms with Crippen molar-refractivity contribution < 1.29 is 16.8 Å². The molecule has 0 bridgehead atoms. The Morgan fingerprint density at radius 2 is 1.17 bits per heavy atom. The van der Waals surface area contributed by atoms with E-state index >= 15 is 0 Å². The second kappa shape index (κ2) is 7.74. The minimum absolute atomic E-state index is 0.0607. The van der Waals surface area contributed by atoms with Gasteiger partial charge in [0.05, 0.1) is 9.79 Å². The molecule has 0 aliphatic rings. The summed E-state index contributed by atoms with van der Waals surface area (Å²) in [5.41, 5.74) is 0. The molecule has 2 rings (SSSR count). The quantitative estimate of drug-likeness (QED) is 0.707. The molecule has 0 aliphatic heterocycles. The third kappa shape index (κ3) is 3.92. The SMILES string of the molecule is CC/C=C/CN(S(=O)(=O)c1ccccc1)S(=O)(=O)c1ccccc1. The molecule has 0 unspecified atom stereocenters. The lowest BCUT2D eigenvalue weighted by Gasteiger charge is -2.20. The molecule has 0 atom stereocenters. The first-order chi connectivity index (χ1) is 11.4. The van der Waals surface area contributed by atoms with Gasteiger partial charge in [0.25, 0.3) is 20.0 Å². The second-order valence-electron chi connectivity index (χ2n) is 4.97. The van der Waals surface area contributed by atoms with Gasteiger partial charge in [0, 0.05) is 6.54 Å². The molecular weight excluding hydrogens is 346 g/mol. The highest BCUT2D eigenvalue weighted by atomic mass is 32.3. The molecular formula is C17H19NO4S2. The Balaban J connectivity index is 2.56. The van der Waals surface area contributed by atoms with E-state index < -0.39 is 20.0 Å². The molecule has 2 aromatic carbocycles. The van der Waals surface area contributed by atoms with Crippen LogP contribution in [0.25, 0.3) is 0 Å². The monoisotopic (exact) mass is 365 g/mol. The van der Waals surface area contributed by atoms with Crippen molar-refractivity contribution in [3.05, 3.63) is 72.8 Å².